The van der Waals surface area contributed by atoms with Gasteiger partial charge in [0.2, 0.25) is 0 Å². The van der Waals surface area contributed by atoms with Gasteiger partial charge in [-0.15, -0.1) is 0 Å². The summed E-state index contributed by atoms with van der Waals surface area (Å²) in [5.41, 5.74) is 0. The van der Waals surface area contributed by atoms with Crippen molar-refractivity contribution in [3.05, 3.63) is 0 Å². The molecule has 0 aromatic carbocycles. The van der Waals surface area contributed by atoms with Gasteiger partial charge in [0.05, 0.1) is 26.4 Å². The summed E-state index contributed by atoms with van der Waals surface area (Å²) in [6, 6.07) is 0. The normalized spacial score (nSPS) is 14.2. The van der Waals surface area contributed by atoms with Crippen LogP contribution in [0.3, 0.4) is 0 Å². The Morgan fingerprint density at radius 3 is 0.752 bits per heavy atom. The van der Waals surface area contributed by atoms with Crippen LogP contribution in [0.2, 0.25) is 0 Å². The van der Waals surface area contributed by atoms with Gasteiger partial charge in [0.25, 0.3) is 0 Å². The molecule has 0 aliphatic rings. The van der Waals surface area contributed by atoms with Crippen molar-refractivity contribution in [3.8, 4) is 0 Å². The van der Waals surface area contributed by atoms with E-state index in [2.05, 4.69) is 48.5 Å². The van der Waals surface area contributed by atoms with Crippen molar-refractivity contribution in [1.29, 1.82) is 0 Å². The highest BCUT2D eigenvalue weighted by Crippen LogP contribution is 2.45. The van der Waals surface area contributed by atoms with E-state index in [1.807, 2.05) is 0 Å². The highest BCUT2D eigenvalue weighted by atomic mass is 31.2. The van der Waals surface area contributed by atoms with Crippen LogP contribution in [0.25, 0.3) is 0 Å². The highest BCUT2D eigenvalue weighted by Gasteiger charge is 2.30. The monoisotopic (exact) mass is 1480 g/mol. The molecule has 0 bridgehead atoms. The molecule has 101 heavy (non-hydrogen) atoms. The van der Waals surface area contributed by atoms with E-state index < -0.39 is 97.5 Å². The highest BCUT2D eigenvalue weighted by molar-refractivity contribution is 7.47. The van der Waals surface area contributed by atoms with Crippen LogP contribution >= 0.6 is 15.6 Å². The number of carbonyl (C=O) groups is 4. The van der Waals surface area contributed by atoms with Gasteiger partial charge < -0.3 is 33.8 Å². The quantitative estimate of drug-likeness (QED) is 0.0222. The SMILES string of the molecule is CCCCCCCCCCCCCCCCCCCCCCC(=O)O[C@H](COC(=O)CCCCCCCCCCCCCCCCCC(C)C)COP(=O)(O)OC[C@@H](O)COP(=O)(O)OC[C@@H](COC(=O)CCCCCCCCC(C)C)OC(=O)CCCCCCCCCCCCC(C)CC. The summed E-state index contributed by atoms with van der Waals surface area (Å²) in [5, 5.41) is 10.6. The summed E-state index contributed by atoms with van der Waals surface area (Å²) >= 11 is 0. The van der Waals surface area contributed by atoms with Gasteiger partial charge in [-0.05, 0) is 43.4 Å². The van der Waals surface area contributed by atoms with Gasteiger partial charge in [0, 0.05) is 25.7 Å². The van der Waals surface area contributed by atoms with E-state index in [0.29, 0.717) is 31.6 Å². The third kappa shape index (κ3) is 74.7. The number of aliphatic hydroxyl groups excluding tert-OH is 1. The van der Waals surface area contributed by atoms with Gasteiger partial charge in [0.1, 0.15) is 19.3 Å². The van der Waals surface area contributed by atoms with Crippen LogP contribution in [0.1, 0.15) is 427 Å². The molecule has 0 aliphatic heterocycles. The average Bonchev–Trinajstić information content (AvgIpc) is 0.970. The largest absolute Gasteiger partial charge is 0.472 e. The zero-order chi connectivity index (χ0) is 74.4. The Morgan fingerprint density at radius 1 is 0.287 bits per heavy atom. The summed E-state index contributed by atoms with van der Waals surface area (Å²) in [7, 11) is -9.92. The van der Waals surface area contributed by atoms with Gasteiger partial charge in [0.15, 0.2) is 12.2 Å². The van der Waals surface area contributed by atoms with E-state index >= 15 is 0 Å². The second-order valence-electron chi connectivity index (χ2n) is 30.7. The van der Waals surface area contributed by atoms with Crippen molar-refractivity contribution in [2.75, 3.05) is 39.6 Å². The third-order valence-corrected chi connectivity index (χ3v) is 21.4. The first-order chi connectivity index (χ1) is 48.8. The predicted molar refractivity (Wildman–Crippen MR) is 414 cm³/mol. The minimum absolute atomic E-state index is 0.105. The van der Waals surface area contributed by atoms with Crippen LogP contribution in [-0.2, 0) is 65.4 Å². The van der Waals surface area contributed by atoms with Crippen molar-refractivity contribution >= 4 is 39.5 Å². The molecular formula is C82H160O17P2. The summed E-state index contributed by atoms with van der Waals surface area (Å²) < 4.78 is 68.7. The smallest absolute Gasteiger partial charge is 0.462 e. The summed E-state index contributed by atoms with van der Waals surface area (Å²) in [5.74, 6) is 0.176. The van der Waals surface area contributed by atoms with Crippen molar-refractivity contribution in [2.45, 2.75) is 446 Å². The maximum Gasteiger partial charge on any atom is 0.472 e. The summed E-state index contributed by atoms with van der Waals surface area (Å²) in [4.78, 5) is 73.0. The van der Waals surface area contributed by atoms with Crippen LogP contribution in [0.5, 0.6) is 0 Å². The number of carbonyl (C=O) groups excluding carboxylic acids is 4. The number of aliphatic hydroxyl groups is 1. The number of phosphoric ester groups is 2. The molecule has 0 aromatic rings. The van der Waals surface area contributed by atoms with Crippen LogP contribution in [0.4, 0.5) is 0 Å². The fourth-order valence-electron chi connectivity index (χ4n) is 12.6. The van der Waals surface area contributed by atoms with Gasteiger partial charge in [-0.2, -0.15) is 0 Å². The zero-order valence-corrected chi connectivity index (χ0v) is 68.2. The lowest BCUT2D eigenvalue weighted by Crippen LogP contribution is -2.30. The van der Waals surface area contributed by atoms with E-state index in [1.165, 1.54) is 231 Å². The summed E-state index contributed by atoms with van der Waals surface area (Å²) in [6.45, 7) is 11.9. The van der Waals surface area contributed by atoms with Crippen molar-refractivity contribution < 1.29 is 80.2 Å². The standard InChI is InChI=1S/C82H160O17P2/c1-8-10-11-12-13-14-15-16-17-18-19-20-21-24-28-31-37-42-51-58-65-81(86)98-77(69-92-79(84)63-56-49-41-36-30-27-25-22-23-26-29-34-39-46-53-60-73(3)4)71-96-100(88,89)94-67-76(83)68-95-101(90,91)97-72-78(70-93-80(85)64-57-50-45-44-47-54-61-74(5)6)99-82(87)66-59-52-43-38-33-32-35-40-48-55-62-75(7)9-2/h73-78,83H,8-72H2,1-7H3,(H,88,89)(H,90,91)/t75?,76-,77-,78-/m1/s1. The molecule has 0 radical (unpaired) electrons. The molecule has 3 unspecified atom stereocenters. The van der Waals surface area contributed by atoms with Gasteiger partial charge >= 0.3 is 39.5 Å². The second kappa shape index (κ2) is 72.3. The number of ether oxygens (including phenoxy) is 4. The molecule has 17 nitrogen and oxygen atoms in total. The van der Waals surface area contributed by atoms with Crippen molar-refractivity contribution in [3.63, 3.8) is 0 Å². The Bertz CT molecular complexity index is 1960. The van der Waals surface area contributed by atoms with Gasteiger partial charge in [-0.25, -0.2) is 9.13 Å². The molecule has 19 heteroatoms. The maximum atomic E-state index is 13.1. The fraction of sp³-hybridized carbons (Fsp3) is 0.951. The third-order valence-electron chi connectivity index (χ3n) is 19.5. The van der Waals surface area contributed by atoms with Crippen LogP contribution < -0.4 is 0 Å². The predicted octanol–water partition coefficient (Wildman–Crippen LogP) is 24.5. The van der Waals surface area contributed by atoms with Crippen molar-refractivity contribution in [1.82, 2.24) is 0 Å². The Hall–Kier alpha value is -1.94. The number of phosphoric acid groups is 2. The van der Waals surface area contributed by atoms with E-state index in [9.17, 15) is 43.2 Å². The lowest BCUT2D eigenvalue weighted by atomic mass is 9.99. The van der Waals surface area contributed by atoms with Gasteiger partial charge in [-0.3, -0.25) is 37.3 Å². The minimum Gasteiger partial charge on any atom is -0.462 e. The Labute approximate surface area is 619 Å². The molecule has 0 spiro atoms. The lowest BCUT2D eigenvalue weighted by Gasteiger charge is -2.21. The number of unbranched alkanes of at least 4 members (excludes halogenated alkanes) is 47. The fourth-order valence-corrected chi connectivity index (χ4v) is 14.2. The van der Waals surface area contributed by atoms with E-state index in [4.69, 9.17) is 37.0 Å². The Morgan fingerprint density at radius 2 is 0.505 bits per heavy atom. The Balaban J connectivity index is 5.22. The second-order valence-corrected chi connectivity index (χ2v) is 33.6. The van der Waals surface area contributed by atoms with Crippen LogP contribution in [0, 0.1) is 17.8 Å². The maximum absolute atomic E-state index is 13.1. The minimum atomic E-state index is -4.96. The average molecular weight is 1480 g/mol. The molecule has 0 aromatic heterocycles. The van der Waals surface area contributed by atoms with Gasteiger partial charge in [-0.1, -0.05) is 376 Å². The van der Waals surface area contributed by atoms with Crippen LogP contribution in [-0.4, -0.2) is 96.7 Å². The zero-order valence-electron chi connectivity index (χ0n) is 66.4. The van der Waals surface area contributed by atoms with E-state index in [1.54, 1.807) is 0 Å². The molecule has 600 valence electrons. The number of hydrogen-bond acceptors (Lipinski definition) is 15. The first kappa shape index (κ1) is 99.1. The molecule has 0 saturated carbocycles. The first-order valence-electron chi connectivity index (χ1n) is 42.4. The molecule has 0 saturated heterocycles. The first-order valence-corrected chi connectivity index (χ1v) is 45.4. The topological polar surface area (TPSA) is 237 Å². The molecule has 0 rings (SSSR count). The molecule has 0 fully saturated rings. The number of esters is 4. The lowest BCUT2D eigenvalue weighted by molar-refractivity contribution is -0.161. The van der Waals surface area contributed by atoms with E-state index in [-0.39, 0.29) is 25.7 Å². The summed E-state index contributed by atoms with van der Waals surface area (Å²) in [6.07, 6.45) is 61.2. The Kier molecular flexibility index (Phi) is 70.9. The van der Waals surface area contributed by atoms with Crippen LogP contribution in [0.15, 0.2) is 0 Å². The van der Waals surface area contributed by atoms with E-state index in [0.717, 1.165) is 108 Å². The molecule has 3 N–H and O–H groups in total. The number of hydrogen-bond donors (Lipinski definition) is 3. The molecule has 6 atom stereocenters. The molecular weight excluding hydrogens is 1320 g/mol. The molecule has 0 amide bonds. The molecule has 0 aliphatic carbocycles. The van der Waals surface area contributed by atoms with Crippen molar-refractivity contribution in [2.24, 2.45) is 17.8 Å². The number of rotatable bonds is 80. The molecule has 0 heterocycles.